The van der Waals surface area contributed by atoms with E-state index in [1.54, 1.807) is 12.1 Å². The van der Waals surface area contributed by atoms with Gasteiger partial charge in [0.25, 0.3) is 0 Å². The smallest absolute Gasteiger partial charge is 0.338 e. The van der Waals surface area contributed by atoms with E-state index in [9.17, 15) is 9.59 Å². The van der Waals surface area contributed by atoms with Crippen molar-refractivity contribution in [1.29, 1.82) is 0 Å². The number of esters is 2. The number of carbonyl (C=O) groups is 2. The molecule has 0 radical (unpaired) electrons. The van der Waals surface area contributed by atoms with Gasteiger partial charge in [0, 0.05) is 6.42 Å². The zero-order valence-electron chi connectivity index (χ0n) is 15.2. The number of ether oxygens (including phenoxy) is 3. The van der Waals surface area contributed by atoms with Crippen molar-refractivity contribution in [2.45, 2.75) is 12.5 Å². The second-order valence-corrected chi connectivity index (χ2v) is 5.64. The van der Waals surface area contributed by atoms with Crippen molar-refractivity contribution in [3.63, 3.8) is 0 Å². The lowest BCUT2D eigenvalue weighted by Gasteiger charge is -2.20. The molecule has 2 aromatic carbocycles. The fraction of sp³-hybridized carbons (Fsp3) is 0.300. The van der Waals surface area contributed by atoms with Crippen LogP contribution in [-0.2, 0) is 9.47 Å². The van der Waals surface area contributed by atoms with Gasteiger partial charge >= 0.3 is 11.9 Å². The number of hydrogen-bond acceptors (Lipinski definition) is 6. The molecule has 2 aromatic rings. The van der Waals surface area contributed by atoms with Crippen LogP contribution in [0.1, 0.15) is 38.8 Å². The third-order valence-electron chi connectivity index (χ3n) is 3.85. The van der Waals surface area contributed by atoms with Crippen LogP contribution in [0, 0.1) is 0 Å². The Morgan fingerprint density at radius 1 is 0.962 bits per heavy atom. The molecule has 6 heteroatoms. The van der Waals surface area contributed by atoms with E-state index < -0.39 is 11.9 Å². The van der Waals surface area contributed by atoms with Crippen LogP contribution >= 0.6 is 0 Å². The fourth-order valence-electron chi connectivity index (χ4n) is 2.54. The molecule has 2 rings (SSSR count). The molecule has 0 aliphatic rings. The molecule has 0 bridgehead atoms. The summed E-state index contributed by atoms with van der Waals surface area (Å²) < 4.78 is 15.6. The van der Waals surface area contributed by atoms with Gasteiger partial charge in [-0.15, -0.1) is 0 Å². The molecule has 1 N–H and O–H groups in total. The molecule has 138 valence electrons. The Hall–Kier alpha value is -2.86. The first-order valence-electron chi connectivity index (χ1n) is 8.27. The molecule has 26 heavy (non-hydrogen) atoms. The lowest BCUT2D eigenvalue weighted by atomic mass is 10.1. The quantitative estimate of drug-likeness (QED) is 0.732. The van der Waals surface area contributed by atoms with E-state index in [1.807, 2.05) is 37.4 Å². The van der Waals surface area contributed by atoms with Crippen molar-refractivity contribution in [1.82, 2.24) is 5.32 Å². The van der Waals surface area contributed by atoms with Crippen LogP contribution in [0.5, 0.6) is 5.75 Å². The Morgan fingerprint density at radius 2 is 1.54 bits per heavy atom. The minimum atomic E-state index is -0.549. The van der Waals surface area contributed by atoms with Crippen LogP contribution in [0.2, 0.25) is 0 Å². The fourth-order valence-corrected chi connectivity index (χ4v) is 2.54. The second kappa shape index (κ2) is 9.58. The summed E-state index contributed by atoms with van der Waals surface area (Å²) in [6, 6.07) is 14.3. The highest BCUT2D eigenvalue weighted by Gasteiger charge is 2.18. The zero-order chi connectivity index (χ0) is 18.9. The van der Waals surface area contributed by atoms with Crippen LogP contribution in [-0.4, -0.2) is 39.8 Å². The van der Waals surface area contributed by atoms with Gasteiger partial charge < -0.3 is 19.5 Å². The van der Waals surface area contributed by atoms with Crippen LogP contribution in [0.25, 0.3) is 0 Å². The minimum absolute atomic E-state index is 0.228. The summed E-state index contributed by atoms with van der Waals surface area (Å²) >= 11 is 0. The molecule has 0 aromatic heterocycles. The molecule has 1 unspecified atom stereocenters. The highest BCUT2D eigenvalue weighted by atomic mass is 16.5. The Bertz CT molecular complexity index is 711. The average Bonchev–Trinajstić information content (AvgIpc) is 2.70. The number of nitrogens with one attached hydrogen (secondary N) is 1. The first kappa shape index (κ1) is 19.5. The van der Waals surface area contributed by atoms with Crippen molar-refractivity contribution >= 4 is 11.9 Å². The zero-order valence-corrected chi connectivity index (χ0v) is 15.2. The third kappa shape index (κ3) is 5.07. The second-order valence-electron chi connectivity index (χ2n) is 5.64. The van der Waals surface area contributed by atoms with Crippen molar-refractivity contribution in [3.8, 4) is 5.75 Å². The summed E-state index contributed by atoms with van der Waals surface area (Å²) in [5, 5.41) is 3.10. The predicted octanol–water partition coefficient (Wildman–Crippen LogP) is 2.99. The van der Waals surface area contributed by atoms with Crippen molar-refractivity contribution in [2.24, 2.45) is 0 Å². The normalized spacial score (nSPS) is 11.5. The maximum absolute atomic E-state index is 11.9. The molecular formula is C20H23NO5. The molecule has 0 amide bonds. The van der Waals surface area contributed by atoms with Crippen LogP contribution in [0.15, 0.2) is 48.5 Å². The summed E-state index contributed by atoms with van der Waals surface area (Å²) in [6.45, 7) is 0.750. The Morgan fingerprint density at radius 3 is 2.04 bits per heavy atom. The third-order valence-corrected chi connectivity index (χ3v) is 3.85. The first-order valence-corrected chi connectivity index (χ1v) is 8.27. The van der Waals surface area contributed by atoms with Gasteiger partial charge in [-0.1, -0.05) is 30.3 Å². The molecule has 6 nitrogen and oxygen atoms in total. The summed E-state index contributed by atoms with van der Waals surface area (Å²) in [7, 11) is 4.44. The van der Waals surface area contributed by atoms with E-state index in [0.29, 0.717) is 5.75 Å². The maximum atomic E-state index is 11.9. The molecule has 0 aliphatic carbocycles. The summed E-state index contributed by atoms with van der Waals surface area (Å²) in [5.74, 6) is -0.697. The number of methoxy groups -OCH3 is 2. The van der Waals surface area contributed by atoms with Gasteiger partial charge in [-0.05, 0) is 37.4 Å². The minimum Gasteiger partial charge on any atom is -0.486 e. The SMILES string of the molecule is CNCCC(Oc1cc(C(=O)OC)cc(C(=O)OC)c1)c1ccccc1. The summed E-state index contributed by atoms with van der Waals surface area (Å²) in [4.78, 5) is 23.8. The van der Waals surface area contributed by atoms with Crippen molar-refractivity contribution < 1.29 is 23.8 Å². The van der Waals surface area contributed by atoms with Crippen LogP contribution in [0.3, 0.4) is 0 Å². The average molecular weight is 357 g/mol. The van der Waals surface area contributed by atoms with Gasteiger partial charge in [-0.25, -0.2) is 9.59 Å². The summed E-state index contributed by atoms with van der Waals surface area (Å²) in [6.07, 6.45) is 0.485. The number of hydrogen-bond donors (Lipinski definition) is 1. The van der Waals surface area contributed by atoms with Gasteiger partial charge in [0.2, 0.25) is 0 Å². The lowest BCUT2D eigenvalue weighted by Crippen LogP contribution is -2.17. The maximum Gasteiger partial charge on any atom is 0.338 e. The van der Waals surface area contributed by atoms with Crippen LogP contribution in [0.4, 0.5) is 0 Å². The van der Waals surface area contributed by atoms with E-state index in [2.05, 4.69) is 5.32 Å². The van der Waals surface area contributed by atoms with E-state index in [0.717, 1.165) is 18.5 Å². The Labute approximate surface area is 153 Å². The monoisotopic (exact) mass is 357 g/mol. The molecule has 0 saturated carbocycles. The topological polar surface area (TPSA) is 73.9 Å². The number of carbonyl (C=O) groups excluding carboxylic acids is 2. The highest BCUT2D eigenvalue weighted by molar-refractivity contribution is 5.96. The number of benzene rings is 2. The van der Waals surface area contributed by atoms with Gasteiger partial charge in [0.05, 0.1) is 25.3 Å². The van der Waals surface area contributed by atoms with Gasteiger partial charge in [0.1, 0.15) is 11.9 Å². The number of rotatable bonds is 8. The molecule has 0 aliphatic heterocycles. The Balaban J connectivity index is 2.37. The van der Waals surface area contributed by atoms with E-state index in [1.165, 1.54) is 20.3 Å². The standard InChI is InChI=1S/C20H23NO5/c1-21-10-9-18(14-7-5-4-6-8-14)26-17-12-15(19(22)24-2)11-16(13-17)20(23)25-3/h4-8,11-13,18,21H,9-10H2,1-3H3. The first-order chi connectivity index (χ1) is 12.6. The molecule has 0 heterocycles. The highest BCUT2D eigenvalue weighted by Crippen LogP contribution is 2.27. The Kier molecular flexibility index (Phi) is 7.17. The van der Waals surface area contributed by atoms with Crippen molar-refractivity contribution in [2.75, 3.05) is 27.8 Å². The molecule has 0 spiro atoms. The molecule has 0 saturated heterocycles. The van der Waals surface area contributed by atoms with E-state index >= 15 is 0 Å². The molecule has 0 fully saturated rings. The van der Waals surface area contributed by atoms with E-state index in [-0.39, 0.29) is 17.2 Å². The van der Waals surface area contributed by atoms with Gasteiger partial charge in [-0.2, -0.15) is 0 Å². The van der Waals surface area contributed by atoms with Crippen LogP contribution < -0.4 is 10.1 Å². The lowest BCUT2D eigenvalue weighted by molar-refractivity contribution is 0.0597. The predicted molar refractivity (Wildman–Crippen MR) is 97.5 cm³/mol. The largest absolute Gasteiger partial charge is 0.486 e. The summed E-state index contributed by atoms with van der Waals surface area (Å²) in [5.41, 5.74) is 1.46. The van der Waals surface area contributed by atoms with E-state index in [4.69, 9.17) is 14.2 Å². The van der Waals surface area contributed by atoms with Crippen molar-refractivity contribution in [3.05, 3.63) is 65.2 Å². The van der Waals surface area contributed by atoms with Gasteiger partial charge in [-0.3, -0.25) is 0 Å². The molecule has 1 atom stereocenters. The van der Waals surface area contributed by atoms with Gasteiger partial charge in [0.15, 0.2) is 0 Å². The molecular weight excluding hydrogens is 334 g/mol.